The van der Waals surface area contributed by atoms with Gasteiger partial charge in [-0.15, -0.1) is 11.8 Å². The molecule has 0 spiro atoms. The van der Waals surface area contributed by atoms with Crippen molar-refractivity contribution < 1.29 is 17.9 Å². The Morgan fingerprint density at radius 2 is 1.90 bits per heavy atom. The number of alkyl halides is 3. The zero-order valence-corrected chi connectivity index (χ0v) is 18.0. The maximum atomic E-state index is 12.8. The van der Waals surface area contributed by atoms with E-state index in [1.165, 1.54) is 36.1 Å². The predicted molar refractivity (Wildman–Crippen MR) is 117 cm³/mol. The predicted octanol–water partition coefficient (Wildman–Crippen LogP) is 6.86. The van der Waals surface area contributed by atoms with E-state index in [-0.39, 0.29) is 11.3 Å². The summed E-state index contributed by atoms with van der Waals surface area (Å²) in [5.41, 5.74) is 2.99. The minimum atomic E-state index is -4.31. The van der Waals surface area contributed by atoms with Gasteiger partial charge < -0.3 is 4.74 Å². The molecule has 0 saturated carbocycles. The highest BCUT2D eigenvalue weighted by Crippen LogP contribution is 2.37. The van der Waals surface area contributed by atoms with E-state index in [4.69, 9.17) is 9.73 Å². The summed E-state index contributed by atoms with van der Waals surface area (Å²) in [7, 11) is 0. The lowest BCUT2D eigenvalue weighted by Gasteiger charge is -2.14. The van der Waals surface area contributed by atoms with Crippen LogP contribution in [0.1, 0.15) is 61.3 Å². The highest BCUT2D eigenvalue weighted by atomic mass is 32.2. The van der Waals surface area contributed by atoms with Crippen LogP contribution in [0.4, 0.5) is 13.2 Å². The molecule has 1 aliphatic carbocycles. The fraction of sp³-hybridized carbons (Fsp3) is 0.458. The number of thioether (sulfide) groups is 1. The van der Waals surface area contributed by atoms with E-state index in [9.17, 15) is 13.2 Å². The molecule has 0 fully saturated rings. The van der Waals surface area contributed by atoms with Crippen molar-refractivity contribution in [3.63, 3.8) is 0 Å². The summed E-state index contributed by atoms with van der Waals surface area (Å²) >= 11 is 1.62. The van der Waals surface area contributed by atoms with E-state index in [0.29, 0.717) is 12.5 Å². The summed E-state index contributed by atoms with van der Waals surface area (Å²) in [4.78, 5) is 4.76. The van der Waals surface area contributed by atoms with Crippen LogP contribution in [0, 0.1) is 0 Å². The summed E-state index contributed by atoms with van der Waals surface area (Å²) in [6, 6.07) is 11.8. The minimum Gasteiger partial charge on any atom is -0.494 e. The number of nitrogens with zero attached hydrogens (tertiary/aromatic N) is 1. The molecule has 3 unspecified atom stereocenters. The van der Waals surface area contributed by atoms with Gasteiger partial charge in [-0.05, 0) is 60.6 Å². The van der Waals surface area contributed by atoms with Gasteiger partial charge in [0.2, 0.25) is 0 Å². The van der Waals surface area contributed by atoms with E-state index in [2.05, 4.69) is 32.0 Å². The molecule has 160 valence electrons. The quantitative estimate of drug-likeness (QED) is 0.496. The maximum absolute atomic E-state index is 12.8. The second-order valence-electron chi connectivity index (χ2n) is 8.04. The summed E-state index contributed by atoms with van der Waals surface area (Å²) < 4.78 is 44.3. The van der Waals surface area contributed by atoms with Gasteiger partial charge in [0.25, 0.3) is 0 Å². The van der Waals surface area contributed by atoms with Gasteiger partial charge in [0, 0.05) is 17.2 Å². The smallest absolute Gasteiger partial charge is 0.416 e. The van der Waals surface area contributed by atoms with Crippen LogP contribution in [-0.4, -0.2) is 22.9 Å². The molecule has 2 aliphatic rings. The van der Waals surface area contributed by atoms with Crippen LogP contribution in [0.5, 0.6) is 5.75 Å². The van der Waals surface area contributed by atoms with Gasteiger partial charge in [0.05, 0.1) is 23.3 Å². The zero-order chi connectivity index (χ0) is 21.3. The van der Waals surface area contributed by atoms with Crippen LogP contribution < -0.4 is 4.74 Å². The number of aryl methyl sites for hydroxylation is 1. The number of hydrogen-bond acceptors (Lipinski definition) is 3. The highest BCUT2D eigenvalue weighted by molar-refractivity contribution is 8.15. The molecule has 6 heteroatoms. The van der Waals surface area contributed by atoms with Crippen molar-refractivity contribution in [2.45, 2.75) is 62.9 Å². The number of fused-ring (bicyclic) bond motifs is 1. The first-order valence-electron chi connectivity index (χ1n) is 10.5. The monoisotopic (exact) mass is 433 g/mol. The van der Waals surface area contributed by atoms with Crippen molar-refractivity contribution in [1.29, 1.82) is 0 Å². The molecule has 0 saturated heterocycles. The summed E-state index contributed by atoms with van der Waals surface area (Å²) in [6.07, 6.45) is 0.0116. The SMILES string of the molecule is CCC1CCc2cc(OCCC3N=C(c4ccc(C(F)(F)F)cc4)SC3C)ccc21. The average Bonchev–Trinajstić information content (AvgIpc) is 3.30. The Morgan fingerprint density at radius 3 is 2.60 bits per heavy atom. The molecule has 4 rings (SSSR count). The largest absolute Gasteiger partial charge is 0.494 e. The second-order valence-corrected chi connectivity index (χ2v) is 9.41. The van der Waals surface area contributed by atoms with Crippen molar-refractivity contribution in [3.8, 4) is 5.75 Å². The lowest BCUT2D eigenvalue weighted by molar-refractivity contribution is -0.137. The van der Waals surface area contributed by atoms with Crippen LogP contribution >= 0.6 is 11.8 Å². The molecule has 0 amide bonds. The molecule has 1 heterocycles. The topological polar surface area (TPSA) is 21.6 Å². The molecule has 2 aromatic carbocycles. The van der Waals surface area contributed by atoms with Crippen LogP contribution in [0.3, 0.4) is 0 Å². The van der Waals surface area contributed by atoms with Crippen molar-refractivity contribution in [3.05, 3.63) is 64.7 Å². The number of aliphatic imine (C=N–C) groups is 1. The van der Waals surface area contributed by atoms with Crippen molar-refractivity contribution >= 4 is 16.8 Å². The van der Waals surface area contributed by atoms with E-state index < -0.39 is 11.7 Å². The van der Waals surface area contributed by atoms with Gasteiger partial charge in [0.1, 0.15) is 5.75 Å². The van der Waals surface area contributed by atoms with Crippen LogP contribution in [-0.2, 0) is 12.6 Å². The first kappa shape index (κ1) is 21.3. The van der Waals surface area contributed by atoms with Crippen LogP contribution in [0.2, 0.25) is 0 Å². The van der Waals surface area contributed by atoms with E-state index in [0.717, 1.165) is 41.3 Å². The zero-order valence-electron chi connectivity index (χ0n) is 17.2. The molecule has 30 heavy (non-hydrogen) atoms. The second kappa shape index (κ2) is 8.66. The molecule has 2 aromatic rings. The van der Waals surface area contributed by atoms with E-state index in [1.54, 1.807) is 11.8 Å². The lowest BCUT2D eigenvalue weighted by Crippen LogP contribution is -2.17. The van der Waals surface area contributed by atoms with E-state index >= 15 is 0 Å². The standard InChI is InChI=1S/C24H26F3NOS/c1-3-16-4-5-18-14-20(10-11-21(16)18)29-13-12-22-15(2)30-23(28-22)17-6-8-19(9-7-17)24(25,26)27/h6-11,14-16,22H,3-5,12-13H2,1-2H3. The third-order valence-electron chi connectivity index (χ3n) is 6.07. The van der Waals surface area contributed by atoms with Crippen LogP contribution in [0.25, 0.3) is 0 Å². The summed E-state index contributed by atoms with van der Waals surface area (Å²) in [6.45, 7) is 4.93. The molecule has 0 bridgehead atoms. The van der Waals surface area contributed by atoms with Crippen molar-refractivity contribution in [2.75, 3.05) is 6.61 Å². The number of hydrogen-bond donors (Lipinski definition) is 0. The molecule has 0 N–H and O–H groups in total. The molecular weight excluding hydrogens is 407 g/mol. The van der Waals surface area contributed by atoms with Gasteiger partial charge >= 0.3 is 6.18 Å². The normalized spacial score (nSPS) is 23.4. The molecule has 1 aliphatic heterocycles. The maximum Gasteiger partial charge on any atom is 0.416 e. The molecule has 0 aromatic heterocycles. The Hall–Kier alpha value is -1.95. The fourth-order valence-corrected chi connectivity index (χ4v) is 5.45. The fourth-order valence-electron chi connectivity index (χ4n) is 4.28. The van der Waals surface area contributed by atoms with Gasteiger partial charge in [-0.1, -0.05) is 32.0 Å². The van der Waals surface area contributed by atoms with Crippen molar-refractivity contribution in [1.82, 2.24) is 0 Å². The Kier molecular flexibility index (Phi) is 6.14. The molecular formula is C24H26F3NOS. The summed E-state index contributed by atoms with van der Waals surface area (Å²) in [5, 5.41) is 1.08. The van der Waals surface area contributed by atoms with Crippen LogP contribution in [0.15, 0.2) is 47.5 Å². The molecule has 2 nitrogen and oxygen atoms in total. The number of ether oxygens (including phenoxy) is 1. The van der Waals surface area contributed by atoms with Gasteiger partial charge in [-0.2, -0.15) is 13.2 Å². The average molecular weight is 434 g/mol. The number of benzene rings is 2. The third-order valence-corrected chi connectivity index (χ3v) is 7.32. The first-order valence-corrected chi connectivity index (χ1v) is 11.4. The Balaban J connectivity index is 1.35. The lowest BCUT2D eigenvalue weighted by atomic mass is 9.99. The van der Waals surface area contributed by atoms with Gasteiger partial charge in [0.15, 0.2) is 0 Å². The van der Waals surface area contributed by atoms with E-state index in [1.807, 2.05) is 0 Å². The minimum absolute atomic E-state index is 0.103. The third kappa shape index (κ3) is 4.53. The Bertz CT molecular complexity index is 923. The number of rotatable bonds is 6. The van der Waals surface area contributed by atoms with Gasteiger partial charge in [-0.25, -0.2) is 0 Å². The molecule has 0 radical (unpaired) electrons. The first-order chi connectivity index (χ1) is 14.3. The Labute approximate surface area is 179 Å². The Morgan fingerprint density at radius 1 is 1.13 bits per heavy atom. The summed E-state index contributed by atoms with van der Waals surface area (Å²) in [5.74, 6) is 1.60. The molecule has 3 atom stereocenters. The number of halogens is 3. The van der Waals surface area contributed by atoms with Crippen molar-refractivity contribution in [2.24, 2.45) is 4.99 Å². The highest BCUT2D eigenvalue weighted by Gasteiger charge is 2.31. The van der Waals surface area contributed by atoms with Gasteiger partial charge in [-0.3, -0.25) is 4.99 Å².